The molecule has 0 aromatic carbocycles. The molecule has 1 atom stereocenters. The molecule has 0 aliphatic carbocycles. The number of amides is 1. The molecule has 0 bridgehead atoms. The highest BCUT2D eigenvalue weighted by molar-refractivity contribution is 5.65. The van der Waals surface area contributed by atoms with E-state index < -0.39 is 6.09 Å². The van der Waals surface area contributed by atoms with Crippen LogP contribution in [0, 0.1) is 0 Å². The number of hydrogen-bond acceptors (Lipinski definition) is 1. The average Bonchev–Trinajstić information content (AvgIpc) is 2.55. The molecule has 1 amide bonds. The second-order valence-electron chi connectivity index (χ2n) is 2.68. The van der Waals surface area contributed by atoms with Gasteiger partial charge in [0, 0.05) is 12.6 Å². The van der Waals surface area contributed by atoms with E-state index in [4.69, 9.17) is 5.11 Å². The van der Waals surface area contributed by atoms with E-state index in [2.05, 4.69) is 0 Å². The van der Waals surface area contributed by atoms with Crippen molar-refractivity contribution in [1.29, 1.82) is 0 Å². The van der Waals surface area contributed by atoms with Crippen LogP contribution < -0.4 is 0 Å². The zero-order chi connectivity index (χ0) is 9.56. The lowest BCUT2D eigenvalue weighted by Crippen LogP contribution is -2.33. The highest BCUT2D eigenvalue weighted by atomic mass is 16.4. The minimum atomic E-state index is -0.760. The first-order chi connectivity index (χ1) is 5.75. The standard InChI is InChI=1S/C7H13NO2.C2H6/c1-2-6-4-3-5-8(6)7(9)10;1-2/h6H,2-5H2,1H3,(H,9,10);1-2H3/t6-;/m1./s1. The summed E-state index contributed by atoms with van der Waals surface area (Å²) >= 11 is 0. The number of hydrogen-bond donors (Lipinski definition) is 1. The topological polar surface area (TPSA) is 40.5 Å². The third-order valence-electron chi connectivity index (χ3n) is 2.09. The Hall–Kier alpha value is -0.730. The minimum absolute atomic E-state index is 0.289. The number of likely N-dealkylation sites (tertiary alicyclic amines) is 1. The lowest BCUT2D eigenvalue weighted by molar-refractivity contribution is 0.139. The van der Waals surface area contributed by atoms with Crippen LogP contribution in [-0.4, -0.2) is 28.7 Å². The summed E-state index contributed by atoms with van der Waals surface area (Å²) in [5, 5.41) is 8.64. The second kappa shape index (κ2) is 5.86. The maximum atomic E-state index is 10.5. The molecule has 0 aromatic rings. The molecular formula is C9H19NO2. The van der Waals surface area contributed by atoms with Gasteiger partial charge in [-0.25, -0.2) is 4.79 Å². The Labute approximate surface area is 74.4 Å². The summed E-state index contributed by atoms with van der Waals surface area (Å²) in [7, 11) is 0. The van der Waals surface area contributed by atoms with E-state index >= 15 is 0 Å². The average molecular weight is 173 g/mol. The van der Waals surface area contributed by atoms with E-state index in [0.29, 0.717) is 0 Å². The fraction of sp³-hybridized carbons (Fsp3) is 0.889. The predicted octanol–water partition coefficient (Wildman–Crippen LogP) is 2.57. The van der Waals surface area contributed by atoms with Crippen molar-refractivity contribution in [3.8, 4) is 0 Å². The van der Waals surface area contributed by atoms with Gasteiger partial charge in [0.15, 0.2) is 0 Å². The van der Waals surface area contributed by atoms with Gasteiger partial charge in [-0.05, 0) is 19.3 Å². The van der Waals surface area contributed by atoms with Crippen LogP contribution in [-0.2, 0) is 0 Å². The molecule has 3 heteroatoms. The molecule has 1 fully saturated rings. The van der Waals surface area contributed by atoms with Crippen LogP contribution in [0.2, 0.25) is 0 Å². The summed E-state index contributed by atoms with van der Waals surface area (Å²) in [5.41, 5.74) is 0. The molecule has 1 N–H and O–H groups in total. The summed E-state index contributed by atoms with van der Waals surface area (Å²) in [4.78, 5) is 12.0. The molecule has 1 saturated heterocycles. The van der Waals surface area contributed by atoms with Gasteiger partial charge < -0.3 is 10.0 Å². The summed E-state index contributed by atoms with van der Waals surface area (Å²) in [6.07, 6.45) is 2.27. The van der Waals surface area contributed by atoms with E-state index in [1.165, 1.54) is 0 Å². The molecule has 72 valence electrons. The Morgan fingerprint density at radius 1 is 1.58 bits per heavy atom. The van der Waals surface area contributed by atoms with Crippen molar-refractivity contribution in [3.05, 3.63) is 0 Å². The summed E-state index contributed by atoms with van der Waals surface area (Å²) in [5.74, 6) is 0. The first-order valence-electron chi connectivity index (χ1n) is 4.75. The van der Waals surface area contributed by atoms with Crippen molar-refractivity contribution in [3.63, 3.8) is 0 Å². The summed E-state index contributed by atoms with van der Waals surface area (Å²) in [6.45, 7) is 6.76. The molecular weight excluding hydrogens is 154 g/mol. The normalized spacial score (nSPS) is 21.6. The van der Waals surface area contributed by atoms with Gasteiger partial charge in [-0.3, -0.25) is 0 Å². The van der Waals surface area contributed by atoms with Gasteiger partial charge in [0.25, 0.3) is 0 Å². The Kier molecular flexibility index (Phi) is 5.51. The van der Waals surface area contributed by atoms with Crippen molar-refractivity contribution in [2.45, 2.75) is 46.1 Å². The molecule has 1 aliphatic rings. The van der Waals surface area contributed by atoms with E-state index in [0.717, 1.165) is 25.8 Å². The Bertz CT molecular complexity index is 136. The van der Waals surface area contributed by atoms with Crippen LogP contribution in [0.5, 0.6) is 0 Å². The van der Waals surface area contributed by atoms with E-state index in [1.54, 1.807) is 4.90 Å². The quantitative estimate of drug-likeness (QED) is 0.662. The summed E-state index contributed by atoms with van der Waals surface area (Å²) < 4.78 is 0. The molecule has 1 rings (SSSR count). The van der Waals surface area contributed by atoms with Crippen molar-refractivity contribution in [1.82, 2.24) is 4.90 Å². The smallest absolute Gasteiger partial charge is 0.407 e. The number of rotatable bonds is 1. The maximum Gasteiger partial charge on any atom is 0.407 e. The third-order valence-corrected chi connectivity index (χ3v) is 2.09. The van der Waals surface area contributed by atoms with Crippen LogP contribution in [0.15, 0.2) is 0 Å². The highest BCUT2D eigenvalue weighted by Gasteiger charge is 2.26. The van der Waals surface area contributed by atoms with Crippen LogP contribution in [0.1, 0.15) is 40.0 Å². The van der Waals surface area contributed by atoms with Crippen LogP contribution in [0.3, 0.4) is 0 Å². The molecule has 1 heterocycles. The first-order valence-corrected chi connectivity index (χ1v) is 4.75. The van der Waals surface area contributed by atoms with Crippen molar-refractivity contribution in [2.24, 2.45) is 0 Å². The molecule has 0 spiro atoms. The zero-order valence-electron chi connectivity index (χ0n) is 8.21. The predicted molar refractivity (Wildman–Crippen MR) is 49.4 cm³/mol. The molecule has 0 radical (unpaired) electrons. The van der Waals surface area contributed by atoms with E-state index in [9.17, 15) is 4.79 Å². The van der Waals surface area contributed by atoms with Gasteiger partial charge in [0.1, 0.15) is 0 Å². The zero-order valence-corrected chi connectivity index (χ0v) is 8.21. The third kappa shape index (κ3) is 2.72. The fourth-order valence-electron chi connectivity index (χ4n) is 1.51. The Balaban J connectivity index is 0.000000561. The maximum absolute atomic E-state index is 10.5. The first kappa shape index (κ1) is 11.3. The summed E-state index contributed by atoms with van der Waals surface area (Å²) in [6, 6.07) is 0.289. The van der Waals surface area contributed by atoms with Gasteiger partial charge in [-0.1, -0.05) is 20.8 Å². The number of nitrogens with zero attached hydrogens (tertiary/aromatic N) is 1. The van der Waals surface area contributed by atoms with Crippen molar-refractivity contribution >= 4 is 6.09 Å². The van der Waals surface area contributed by atoms with Crippen LogP contribution in [0.4, 0.5) is 4.79 Å². The van der Waals surface area contributed by atoms with Crippen LogP contribution >= 0.6 is 0 Å². The lowest BCUT2D eigenvalue weighted by Gasteiger charge is -2.19. The molecule has 12 heavy (non-hydrogen) atoms. The Morgan fingerprint density at radius 3 is 2.50 bits per heavy atom. The number of carbonyl (C=O) groups is 1. The number of carboxylic acid groups (broad SMARTS) is 1. The molecule has 0 aromatic heterocycles. The van der Waals surface area contributed by atoms with Gasteiger partial charge in [0.2, 0.25) is 0 Å². The van der Waals surface area contributed by atoms with Gasteiger partial charge >= 0.3 is 6.09 Å². The second-order valence-corrected chi connectivity index (χ2v) is 2.68. The van der Waals surface area contributed by atoms with E-state index in [1.807, 2.05) is 20.8 Å². The highest BCUT2D eigenvalue weighted by Crippen LogP contribution is 2.19. The lowest BCUT2D eigenvalue weighted by atomic mass is 10.2. The molecule has 3 nitrogen and oxygen atoms in total. The van der Waals surface area contributed by atoms with Gasteiger partial charge in [-0.2, -0.15) is 0 Å². The molecule has 0 unspecified atom stereocenters. The monoisotopic (exact) mass is 173 g/mol. The fourth-order valence-corrected chi connectivity index (χ4v) is 1.51. The van der Waals surface area contributed by atoms with Gasteiger partial charge in [0.05, 0.1) is 0 Å². The van der Waals surface area contributed by atoms with Crippen LogP contribution in [0.25, 0.3) is 0 Å². The van der Waals surface area contributed by atoms with E-state index in [-0.39, 0.29) is 6.04 Å². The van der Waals surface area contributed by atoms with Crippen molar-refractivity contribution in [2.75, 3.05) is 6.54 Å². The van der Waals surface area contributed by atoms with Gasteiger partial charge in [-0.15, -0.1) is 0 Å². The van der Waals surface area contributed by atoms with Crippen molar-refractivity contribution < 1.29 is 9.90 Å². The molecule has 1 aliphatic heterocycles. The Morgan fingerprint density at radius 2 is 2.17 bits per heavy atom. The minimum Gasteiger partial charge on any atom is -0.465 e. The molecule has 0 saturated carbocycles. The SMILES string of the molecule is CC.CC[C@@H]1CCCN1C(=O)O. The largest absolute Gasteiger partial charge is 0.465 e.